The van der Waals surface area contributed by atoms with E-state index in [1.54, 1.807) is 0 Å². The van der Waals surface area contributed by atoms with Crippen molar-refractivity contribution in [2.75, 3.05) is 0 Å². The van der Waals surface area contributed by atoms with E-state index in [0.717, 1.165) is 39.6 Å². The SMILES string of the molecule is c1ccc(-n2c3ccccc3c3ccc(Oc4ccc5c6ccccc6n(-c6ccccn6)c5c4)cc32)cc1. The van der Waals surface area contributed by atoms with Gasteiger partial charge in [0, 0.05) is 45.6 Å². The third kappa shape index (κ3) is 3.42. The van der Waals surface area contributed by atoms with Crippen molar-refractivity contribution in [3.05, 3.63) is 140 Å². The Morgan fingerprint density at radius 1 is 0.436 bits per heavy atom. The highest BCUT2D eigenvalue weighted by Gasteiger charge is 2.15. The molecule has 3 aromatic heterocycles. The molecule has 0 aliphatic carbocycles. The van der Waals surface area contributed by atoms with Crippen molar-refractivity contribution in [1.82, 2.24) is 14.1 Å². The summed E-state index contributed by atoms with van der Waals surface area (Å²) in [5.41, 5.74) is 5.60. The van der Waals surface area contributed by atoms with Gasteiger partial charge in [0.15, 0.2) is 0 Å². The molecule has 5 aromatic carbocycles. The molecule has 3 heterocycles. The zero-order valence-corrected chi connectivity index (χ0v) is 21.0. The average molecular weight is 502 g/mol. The first-order valence-corrected chi connectivity index (χ1v) is 13.1. The standard InChI is InChI=1S/C35H23N3O/c1-2-10-24(11-3-1)37-31-14-6-4-12-27(31)29-19-17-25(22-33(29)37)39-26-18-20-30-28-13-5-7-15-32(28)38(34(30)23-26)35-16-8-9-21-36-35/h1-23H. The molecule has 184 valence electrons. The molecule has 0 aliphatic rings. The van der Waals surface area contributed by atoms with Gasteiger partial charge < -0.3 is 9.30 Å². The minimum atomic E-state index is 0.782. The van der Waals surface area contributed by atoms with Gasteiger partial charge in [-0.25, -0.2) is 4.98 Å². The maximum Gasteiger partial charge on any atom is 0.137 e. The molecule has 0 bridgehead atoms. The summed E-state index contributed by atoms with van der Waals surface area (Å²) >= 11 is 0. The Morgan fingerprint density at radius 3 is 1.62 bits per heavy atom. The van der Waals surface area contributed by atoms with E-state index in [-0.39, 0.29) is 0 Å². The average Bonchev–Trinajstić information content (AvgIpc) is 3.50. The fraction of sp³-hybridized carbons (Fsp3) is 0. The van der Waals surface area contributed by atoms with E-state index in [1.807, 2.05) is 30.5 Å². The molecule has 0 saturated carbocycles. The Balaban J connectivity index is 1.29. The number of aromatic nitrogens is 3. The summed E-state index contributed by atoms with van der Waals surface area (Å²) in [5.74, 6) is 2.46. The second-order valence-corrected chi connectivity index (χ2v) is 9.69. The molecule has 4 heteroatoms. The Morgan fingerprint density at radius 2 is 0.974 bits per heavy atom. The first kappa shape index (κ1) is 21.7. The molecule has 8 rings (SSSR count). The van der Waals surface area contributed by atoms with E-state index in [0.29, 0.717) is 0 Å². The van der Waals surface area contributed by atoms with Crippen LogP contribution in [-0.2, 0) is 0 Å². The normalized spacial score (nSPS) is 11.6. The lowest BCUT2D eigenvalue weighted by Crippen LogP contribution is -1.96. The van der Waals surface area contributed by atoms with Crippen LogP contribution < -0.4 is 4.74 Å². The van der Waals surface area contributed by atoms with Gasteiger partial charge in [0.2, 0.25) is 0 Å². The van der Waals surface area contributed by atoms with Crippen LogP contribution in [0, 0.1) is 0 Å². The number of hydrogen-bond acceptors (Lipinski definition) is 2. The highest BCUT2D eigenvalue weighted by molar-refractivity contribution is 6.10. The van der Waals surface area contributed by atoms with Gasteiger partial charge in [-0.15, -0.1) is 0 Å². The number of benzene rings is 5. The van der Waals surface area contributed by atoms with E-state index in [9.17, 15) is 0 Å². The molecular formula is C35H23N3O. The van der Waals surface area contributed by atoms with Crippen molar-refractivity contribution in [2.45, 2.75) is 0 Å². The topological polar surface area (TPSA) is 32.0 Å². The van der Waals surface area contributed by atoms with Crippen LogP contribution in [0.1, 0.15) is 0 Å². The van der Waals surface area contributed by atoms with E-state index < -0.39 is 0 Å². The van der Waals surface area contributed by atoms with Crippen LogP contribution in [0.25, 0.3) is 55.1 Å². The Labute approximate surface area is 225 Å². The van der Waals surface area contributed by atoms with Gasteiger partial charge in [-0.3, -0.25) is 4.57 Å². The van der Waals surface area contributed by atoms with Gasteiger partial charge in [-0.05, 0) is 60.7 Å². The quantitative estimate of drug-likeness (QED) is 0.241. The van der Waals surface area contributed by atoms with Gasteiger partial charge in [0.1, 0.15) is 17.3 Å². The molecular weight excluding hydrogens is 478 g/mol. The molecule has 39 heavy (non-hydrogen) atoms. The maximum absolute atomic E-state index is 6.52. The minimum absolute atomic E-state index is 0.782. The van der Waals surface area contributed by atoms with Gasteiger partial charge in [-0.2, -0.15) is 0 Å². The summed E-state index contributed by atoms with van der Waals surface area (Å²) < 4.78 is 11.0. The smallest absolute Gasteiger partial charge is 0.137 e. The maximum atomic E-state index is 6.52. The first-order valence-electron chi connectivity index (χ1n) is 13.1. The summed E-state index contributed by atoms with van der Waals surface area (Å²) in [6.45, 7) is 0. The summed E-state index contributed by atoms with van der Waals surface area (Å²) in [6, 6.07) is 46.1. The van der Waals surface area contributed by atoms with Crippen LogP contribution in [-0.4, -0.2) is 14.1 Å². The lowest BCUT2D eigenvalue weighted by molar-refractivity contribution is 0.484. The van der Waals surface area contributed by atoms with E-state index in [2.05, 4.69) is 123 Å². The molecule has 0 saturated heterocycles. The number of fused-ring (bicyclic) bond motifs is 6. The Bertz CT molecular complexity index is 1990. The Kier molecular flexibility index (Phi) is 4.79. The first-order chi connectivity index (χ1) is 19.3. The Hall–Kier alpha value is -5.35. The second kappa shape index (κ2) is 8.61. The van der Waals surface area contributed by atoms with Crippen molar-refractivity contribution >= 4 is 43.6 Å². The summed E-state index contributed by atoms with van der Waals surface area (Å²) in [4.78, 5) is 4.65. The van der Waals surface area contributed by atoms with E-state index in [4.69, 9.17) is 4.74 Å². The molecule has 0 N–H and O–H groups in total. The van der Waals surface area contributed by atoms with Crippen LogP contribution in [0.4, 0.5) is 0 Å². The van der Waals surface area contributed by atoms with E-state index >= 15 is 0 Å². The highest BCUT2D eigenvalue weighted by Crippen LogP contribution is 2.37. The van der Waals surface area contributed by atoms with Gasteiger partial charge in [0.25, 0.3) is 0 Å². The molecule has 0 fully saturated rings. The molecule has 0 aliphatic heterocycles. The lowest BCUT2D eigenvalue weighted by atomic mass is 10.1. The molecule has 0 unspecified atom stereocenters. The van der Waals surface area contributed by atoms with Crippen LogP contribution in [0.3, 0.4) is 0 Å². The van der Waals surface area contributed by atoms with Crippen molar-refractivity contribution in [3.63, 3.8) is 0 Å². The van der Waals surface area contributed by atoms with Crippen molar-refractivity contribution in [1.29, 1.82) is 0 Å². The second-order valence-electron chi connectivity index (χ2n) is 9.69. The van der Waals surface area contributed by atoms with E-state index in [1.165, 1.54) is 27.1 Å². The molecule has 8 aromatic rings. The number of ether oxygens (including phenoxy) is 1. The third-order valence-electron chi connectivity index (χ3n) is 7.42. The summed E-state index contributed by atoms with van der Waals surface area (Å²) in [5, 5.41) is 4.79. The zero-order chi connectivity index (χ0) is 25.8. The van der Waals surface area contributed by atoms with Crippen LogP contribution in [0.5, 0.6) is 11.5 Å². The molecule has 0 amide bonds. The number of nitrogens with zero attached hydrogens (tertiary/aromatic N) is 3. The minimum Gasteiger partial charge on any atom is -0.457 e. The van der Waals surface area contributed by atoms with Crippen LogP contribution >= 0.6 is 0 Å². The van der Waals surface area contributed by atoms with Crippen LogP contribution in [0.2, 0.25) is 0 Å². The number of rotatable bonds is 4. The van der Waals surface area contributed by atoms with Crippen molar-refractivity contribution in [2.24, 2.45) is 0 Å². The van der Waals surface area contributed by atoms with Gasteiger partial charge in [-0.1, -0.05) is 60.7 Å². The largest absolute Gasteiger partial charge is 0.457 e. The molecule has 0 atom stereocenters. The monoisotopic (exact) mass is 501 g/mol. The molecule has 0 radical (unpaired) electrons. The predicted octanol–water partition coefficient (Wildman–Crippen LogP) is 9.07. The van der Waals surface area contributed by atoms with Crippen molar-refractivity contribution in [3.8, 4) is 23.0 Å². The zero-order valence-electron chi connectivity index (χ0n) is 21.0. The molecule has 4 nitrogen and oxygen atoms in total. The lowest BCUT2D eigenvalue weighted by Gasteiger charge is -2.10. The van der Waals surface area contributed by atoms with Gasteiger partial charge in [0.05, 0.1) is 22.1 Å². The fourth-order valence-corrected chi connectivity index (χ4v) is 5.75. The number of hydrogen-bond donors (Lipinski definition) is 0. The van der Waals surface area contributed by atoms with Gasteiger partial charge >= 0.3 is 0 Å². The summed E-state index contributed by atoms with van der Waals surface area (Å²) in [6.07, 6.45) is 1.83. The van der Waals surface area contributed by atoms with Crippen LogP contribution in [0.15, 0.2) is 140 Å². The predicted molar refractivity (Wildman–Crippen MR) is 159 cm³/mol. The number of pyridine rings is 1. The fourth-order valence-electron chi connectivity index (χ4n) is 5.75. The molecule has 0 spiro atoms. The third-order valence-corrected chi connectivity index (χ3v) is 7.42. The van der Waals surface area contributed by atoms with Crippen molar-refractivity contribution < 1.29 is 4.74 Å². The number of para-hydroxylation sites is 3. The highest BCUT2D eigenvalue weighted by atomic mass is 16.5. The summed E-state index contributed by atoms with van der Waals surface area (Å²) in [7, 11) is 0.